The van der Waals surface area contributed by atoms with E-state index in [0.29, 0.717) is 6.42 Å². The van der Waals surface area contributed by atoms with E-state index in [0.717, 1.165) is 31.3 Å². The van der Waals surface area contributed by atoms with Gasteiger partial charge in [-0.15, -0.1) is 0 Å². The van der Waals surface area contributed by atoms with Crippen molar-refractivity contribution in [3.05, 3.63) is 24.3 Å². The van der Waals surface area contributed by atoms with Crippen LogP contribution in [-0.2, 0) is 0 Å². The highest BCUT2D eigenvalue weighted by Crippen LogP contribution is 2.62. The summed E-state index contributed by atoms with van der Waals surface area (Å²) in [7, 11) is 0. The molecule has 0 heterocycles. The molecule has 6 atom stereocenters. The van der Waals surface area contributed by atoms with E-state index >= 15 is 0 Å². The highest BCUT2D eigenvalue weighted by atomic mass is 16.3. The van der Waals surface area contributed by atoms with Gasteiger partial charge in [0.2, 0.25) is 0 Å². The molecule has 23 heavy (non-hydrogen) atoms. The minimum absolute atomic E-state index is 0.0233. The van der Waals surface area contributed by atoms with Crippen LogP contribution in [0.3, 0.4) is 0 Å². The van der Waals surface area contributed by atoms with E-state index < -0.39 is 11.7 Å². The Hall–Kier alpha value is -0.640. The quantitative estimate of drug-likeness (QED) is 0.695. The van der Waals surface area contributed by atoms with Gasteiger partial charge in [0.15, 0.2) is 0 Å². The highest BCUT2D eigenvalue weighted by Gasteiger charge is 2.62. The molecular weight excluding hydrogens is 288 g/mol. The van der Waals surface area contributed by atoms with Crippen LogP contribution in [0.5, 0.6) is 0 Å². The second-order valence-electron chi connectivity index (χ2n) is 8.62. The average molecular weight is 322 g/mol. The van der Waals surface area contributed by atoms with Crippen molar-refractivity contribution in [3.8, 4) is 0 Å². The van der Waals surface area contributed by atoms with Crippen LogP contribution in [0.4, 0.5) is 0 Å². The third-order valence-corrected chi connectivity index (χ3v) is 7.10. The number of hydrogen-bond acceptors (Lipinski definition) is 3. The van der Waals surface area contributed by atoms with Crippen molar-refractivity contribution < 1.29 is 15.3 Å². The van der Waals surface area contributed by atoms with Crippen molar-refractivity contribution >= 4 is 0 Å². The summed E-state index contributed by atoms with van der Waals surface area (Å²) in [6.07, 6.45) is 7.38. The van der Waals surface area contributed by atoms with Crippen molar-refractivity contribution in [2.45, 2.75) is 71.5 Å². The van der Waals surface area contributed by atoms with Crippen molar-refractivity contribution in [3.63, 3.8) is 0 Å². The van der Waals surface area contributed by atoms with Gasteiger partial charge in [-0.25, -0.2) is 0 Å². The molecule has 0 bridgehead atoms. The lowest BCUT2D eigenvalue weighted by Gasteiger charge is -2.63. The highest BCUT2D eigenvalue weighted by molar-refractivity contribution is 5.17. The summed E-state index contributed by atoms with van der Waals surface area (Å²) in [4.78, 5) is 0. The molecular formula is C20H34O3. The number of rotatable bonds is 4. The zero-order valence-corrected chi connectivity index (χ0v) is 15.2. The SMILES string of the molecule is C=CC(C)=CC[C@@H]1[C@@]2(C)C(O)CCC(C)(CO)[C@@H]2CC[C@@]1(C)O. The Kier molecular flexibility index (Phi) is 5.16. The number of aliphatic hydroxyl groups is 3. The minimum atomic E-state index is -0.794. The van der Waals surface area contributed by atoms with E-state index in [-0.39, 0.29) is 29.3 Å². The average Bonchev–Trinajstić information content (AvgIpc) is 2.50. The predicted molar refractivity (Wildman–Crippen MR) is 93.9 cm³/mol. The maximum Gasteiger partial charge on any atom is 0.0657 e. The number of hydrogen-bond donors (Lipinski definition) is 3. The Morgan fingerprint density at radius 1 is 1.22 bits per heavy atom. The second kappa shape index (κ2) is 6.34. The van der Waals surface area contributed by atoms with E-state index in [9.17, 15) is 15.3 Å². The molecule has 3 nitrogen and oxygen atoms in total. The van der Waals surface area contributed by atoms with Crippen LogP contribution < -0.4 is 0 Å². The van der Waals surface area contributed by atoms with E-state index in [1.165, 1.54) is 0 Å². The number of aliphatic hydroxyl groups excluding tert-OH is 2. The van der Waals surface area contributed by atoms with E-state index in [1.54, 1.807) is 0 Å². The number of allylic oxidation sites excluding steroid dienone is 3. The van der Waals surface area contributed by atoms with Crippen molar-refractivity contribution in [1.82, 2.24) is 0 Å². The summed E-state index contributed by atoms with van der Waals surface area (Å²) in [5.41, 5.74) is -0.241. The molecule has 2 unspecified atom stereocenters. The Labute approximate surface area is 141 Å². The fourth-order valence-electron chi connectivity index (χ4n) is 5.43. The Morgan fingerprint density at radius 2 is 1.87 bits per heavy atom. The van der Waals surface area contributed by atoms with Gasteiger partial charge in [0.05, 0.1) is 11.7 Å². The Balaban J connectivity index is 2.45. The van der Waals surface area contributed by atoms with Crippen molar-refractivity contribution in [1.29, 1.82) is 0 Å². The lowest BCUT2D eigenvalue weighted by molar-refractivity contribution is -0.219. The third-order valence-electron chi connectivity index (χ3n) is 7.10. The van der Waals surface area contributed by atoms with Crippen molar-refractivity contribution in [2.75, 3.05) is 6.61 Å². The standard InChI is InChI=1S/C20H34O3/c1-6-14(2)7-8-16-19(4,23)12-9-15-18(3,13-21)11-10-17(22)20(15,16)5/h6-7,15-17,21-23H,1,8-13H2,2-5H3/t15-,16-,17?,18?,19+,20-/m0/s1. The third kappa shape index (κ3) is 3.04. The topological polar surface area (TPSA) is 60.7 Å². The van der Waals surface area contributed by atoms with Gasteiger partial charge in [-0.3, -0.25) is 0 Å². The van der Waals surface area contributed by atoms with Crippen molar-refractivity contribution in [2.24, 2.45) is 22.7 Å². The molecule has 0 saturated heterocycles. The Morgan fingerprint density at radius 3 is 2.43 bits per heavy atom. The first-order chi connectivity index (χ1) is 10.6. The number of fused-ring (bicyclic) bond motifs is 1. The monoisotopic (exact) mass is 322 g/mol. The summed E-state index contributed by atoms with van der Waals surface area (Å²) in [5.74, 6) is 0.205. The van der Waals surface area contributed by atoms with Gasteiger partial charge in [-0.1, -0.05) is 38.2 Å². The molecule has 0 radical (unpaired) electrons. The van der Waals surface area contributed by atoms with Gasteiger partial charge in [-0.05, 0) is 63.2 Å². The summed E-state index contributed by atoms with van der Waals surface area (Å²) in [6.45, 7) is 12.1. The molecule has 0 spiro atoms. The minimum Gasteiger partial charge on any atom is -0.396 e. The lowest BCUT2D eigenvalue weighted by Crippen LogP contribution is -2.63. The summed E-state index contributed by atoms with van der Waals surface area (Å²) in [5, 5.41) is 31.9. The van der Waals surface area contributed by atoms with Gasteiger partial charge >= 0.3 is 0 Å². The van der Waals surface area contributed by atoms with Crippen LogP contribution in [-0.4, -0.2) is 33.6 Å². The summed E-state index contributed by atoms with van der Waals surface area (Å²) < 4.78 is 0. The summed E-state index contributed by atoms with van der Waals surface area (Å²) >= 11 is 0. The smallest absolute Gasteiger partial charge is 0.0657 e. The molecule has 2 rings (SSSR count). The van der Waals surface area contributed by atoms with Crippen LogP contribution in [0.25, 0.3) is 0 Å². The molecule has 3 N–H and O–H groups in total. The molecule has 2 aliphatic carbocycles. The van der Waals surface area contributed by atoms with Crippen LogP contribution >= 0.6 is 0 Å². The maximum atomic E-state index is 11.1. The fourth-order valence-corrected chi connectivity index (χ4v) is 5.43. The maximum absolute atomic E-state index is 11.1. The normalized spacial score (nSPS) is 48.0. The van der Waals surface area contributed by atoms with Gasteiger partial charge in [0.1, 0.15) is 0 Å². The zero-order valence-electron chi connectivity index (χ0n) is 15.2. The zero-order chi connectivity index (χ0) is 17.5. The molecule has 0 amide bonds. The molecule has 0 aromatic rings. The van der Waals surface area contributed by atoms with Gasteiger partial charge in [0.25, 0.3) is 0 Å². The molecule has 3 heteroatoms. The Bertz CT molecular complexity index is 481. The second-order valence-corrected chi connectivity index (χ2v) is 8.62. The van der Waals surface area contributed by atoms with E-state index in [1.807, 2.05) is 19.9 Å². The van der Waals surface area contributed by atoms with Crippen LogP contribution in [0.1, 0.15) is 59.8 Å². The molecule has 132 valence electrons. The van der Waals surface area contributed by atoms with Gasteiger partial charge in [-0.2, -0.15) is 0 Å². The molecule has 2 saturated carbocycles. The van der Waals surface area contributed by atoms with Gasteiger partial charge < -0.3 is 15.3 Å². The first-order valence-electron chi connectivity index (χ1n) is 8.92. The lowest BCUT2D eigenvalue weighted by atomic mass is 9.44. The first kappa shape index (κ1) is 18.7. The first-order valence-corrected chi connectivity index (χ1v) is 8.92. The molecule has 0 aromatic carbocycles. The molecule has 2 aliphatic rings. The molecule has 0 aliphatic heterocycles. The van der Waals surface area contributed by atoms with E-state index in [2.05, 4.69) is 26.5 Å². The molecule has 2 fully saturated rings. The summed E-state index contributed by atoms with van der Waals surface area (Å²) in [6, 6.07) is 0. The van der Waals surface area contributed by atoms with Gasteiger partial charge in [0, 0.05) is 12.0 Å². The predicted octanol–water partition coefficient (Wildman–Crippen LogP) is 3.45. The van der Waals surface area contributed by atoms with Crippen LogP contribution in [0.2, 0.25) is 0 Å². The van der Waals surface area contributed by atoms with Crippen LogP contribution in [0.15, 0.2) is 24.3 Å². The van der Waals surface area contributed by atoms with Crippen LogP contribution in [0, 0.1) is 22.7 Å². The van der Waals surface area contributed by atoms with E-state index in [4.69, 9.17) is 0 Å². The molecule has 0 aromatic heterocycles. The fraction of sp³-hybridized carbons (Fsp3) is 0.800. The largest absolute Gasteiger partial charge is 0.396 e.